The Morgan fingerprint density at radius 3 is 2.64 bits per heavy atom. The summed E-state index contributed by atoms with van der Waals surface area (Å²) >= 11 is 17.3. The Labute approximate surface area is 98.7 Å². The van der Waals surface area contributed by atoms with E-state index in [2.05, 4.69) is 11.9 Å². The maximum Gasteiger partial charge on any atom is 0.0465 e. The zero-order valence-corrected chi connectivity index (χ0v) is 9.76. The minimum absolute atomic E-state index is 0.570. The second-order valence-corrected chi connectivity index (χ2v) is 4.23. The fraction of sp³-hybridized carbons (Fsp3) is 0.200. The van der Waals surface area contributed by atoms with Crippen molar-refractivity contribution in [2.24, 2.45) is 0 Å². The van der Waals surface area contributed by atoms with Crippen molar-refractivity contribution >= 4 is 34.8 Å². The van der Waals surface area contributed by atoms with Gasteiger partial charge in [-0.1, -0.05) is 47.4 Å². The molecule has 0 unspecified atom stereocenters. The predicted molar refractivity (Wildman–Crippen MR) is 63.2 cm³/mol. The number of benzene rings is 1. The van der Waals surface area contributed by atoms with Gasteiger partial charge in [-0.25, -0.2) is 0 Å². The van der Waals surface area contributed by atoms with Crippen LogP contribution in [0.1, 0.15) is 5.56 Å². The van der Waals surface area contributed by atoms with Gasteiger partial charge < -0.3 is 5.32 Å². The van der Waals surface area contributed by atoms with E-state index in [-0.39, 0.29) is 0 Å². The summed E-state index contributed by atoms with van der Waals surface area (Å²) in [6.45, 7) is 4.80. The van der Waals surface area contributed by atoms with Gasteiger partial charge in [0.15, 0.2) is 0 Å². The molecule has 0 aliphatic heterocycles. The van der Waals surface area contributed by atoms with Crippen molar-refractivity contribution < 1.29 is 0 Å². The van der Waals surface area contributed by atoms with Crippen LogP contribution in [0.15, 0.2) is 29.8 Å². The van der Waals surface area contributed by atoms with Crippen LogP contribution in [0.25, 0.3) is 0 Å². The molecule has 0 heterocycles. The van der Waals surface area contributed by atoms with E-state index in [1.165, 1.54) is 0 Å². The van der Waals surface area contributed by atoms with E-state index in [9.17, 15) is 0 Å². The van der Waals surface area contributed by atoms with Gasteiger partial charge in [0.05, 0.1) is 0 Å². The van der Waals surface area contributed by atoms with Crippen LogP contribution in [0.2, 0.25) is 10.0 Å². The summed E-state index contributed by atoms with van der Waals surface area (Å²) < 4.78 is 0. The zero-order valence-electron chi connectivity index (χ0n) is 7.49. The molecule has 1 aromatic carbocycles. The lowest BCUT2D eigenvalue weighted by Gasteiger charge is -2.05. The molecule has 1 N–H and O–H groups in total. The molecule has 0 aromatic heterocycles. The maximum absolute atomic E-state index is 5.96. The van der Waals surface area contributed by atoms with Gasteiger partial charge in [-0.15, -0.1) is 0 Å². The standard InChI is InChI=1S/C10H10Cl3N/c1-7(11)5-14-6-8-2-3-9(12)4-10(8)13/h2-4,14H,1,5-6H2. The van der Waals surface area contributed by atoms with Crippen LogP contribution in [0.4, 0.5) is 0 Å². The lowest BCUT2D eigenvalue weighted by molar-refractivity contribution is 0.755. The molecule has 0 amide bonds. The second kappa shape index (κ2) is 5.62. The third-order valence-corrected chi connectivity index (χ3v) is 2.37. The van der Waals surface area contributed by atoms with Crippen molar-refractivity contribution in [2.45, 2.75) is 6.54 Å². The molecule has 0 aliphatic rings. The van der Waals surface area contributed by atoms with Gasteiger partial charge in [-0.2, -0.15) is 0 Å². The number of hydrogen-bond acceptors (Lipinski definition) is 1. The van der Waals surface area contributed by atoms with Gasteiger partial charge in [-0.05, 0) is 17.7 Å². The Balaban J connectivity index is 2.55. The minimum Gasteiger partial charge on any atom is -0.308 e. The van der Waals surface area contributed by atoms with Gasteiger partial charge >= 0.3 is 0 Å². The highest BCUT2D eigenvalue weighted by Crippen LogP contribution is 2.20. The van der Waals surface area contributed by atoms with Crippen molar-refractivity contribution in [3.8, 4) is 0 Å². The quantitative estimate of drug-likeness (QED) is 0.856. The molecule has 0 fully saturated rings. The van der Waals surface area contributed by atoms with E-state index in [1.54, 1.807) is 12.1 Å². The Bertz CT molecular complexity index is 336. The molecule has 0 atom stereocenters. The maximum atomic E-state index is 5.96. The van der Waals surface area contributed by atoms with Crippen molar-refractivity contribution in [1.29, 1.82) is 0 Å². The summed E-state index contributed by atoms with van der Waals surface area (Å²) in [5, 5.41) is 4.98. The number of nitrogens with one attached hydrogen (secondary N) is 1. The lowest BCUT2D eigenvalue weighted by Crippen LogP contribution is -2.14. The molecule has 1 aromatic rings. The molecule has 14 heavy (non-hydrogen) atoms. The summed E-state index contributed by atoms with van der Waals surface area (Å²) in [6, 6.07) is 5.41. The fourth-order valence-electron chi connectivity index (χ4n) is 0.998. The third kappa shape index (κ3) is 3.89. The molecular weight excluding hydrogens is 240 g/mol. The Morgan fingerprint density at radius 2 is 2.07 bits per heavy atom. The van der Waals surface area contributed by atoms with E-state index >= 15 is 0 Å². The SMILES string of the molecule is C=C(Cl)CNCc1ccc(Cl)cc1Cl. The Kier molecular flexibility index (Phi) is 4.76. The molecule has 0 spiro atoms. The molecular formula is C10H10Cl3N. The highest BCUT2D eigenvalue weighted by molar-refractivity contribution is 6.35. The van der Waals surface area contributed by atoms with E-state index < -0.39 is 0 Å². The van der Waals surface area contributed by atoms with Crippen LogP contribution in [-0.2, 0) is 6.54 Å². The van der Waals surface area contributed by atoms with Crippen molar-refractivity contribution in [3.63, 3.8) is 0 Å². The molecule has 76 valence electrons. The summed E-state index contributed by atoms with van der Waals surface area (Å²) in [5.41, 5.74) is 0.994. The number of hydrogen-bond donors (Lipinski definition) is 1. The van der Waals surface area contributed by atoms with Gasteiger partial charge in [0.25, 0.3) is 0 Å². The first kappa shape index (κ1) is 11.9. The summed E-state index contributed by atoms with van der Waals surface area (Å²) in [6.07, 6.45) is 0. The van der Waals surface area contributed by atoms with E-state index in [1.807, 2.05) is 6.07 Å². The molecule has 0 saturated heterocycles. The van der Waals surface area contributed by atoms with Crippen molar-refractivity contribution in [2.75, 3.05) is 6.54 Å². The summed E-state index contributed by atoms with van der Waals surface area (Å²) in [5.74, 6) is 0. The number of rotatable bonds is 4. The minimum atomic E-state index is 0.570. The Morgan fingerprint density at radius 1 is 1.36 bits per heavy atom. The van der Waals surface area contributed by atoms with Gasteiger partial charge in [0.2, 0.25) is 0 Å². The first-order valence-corrected chi connectivity index (χ1v) is 5.21. The van der Waals surface area contributed by atoms with Gasteiger partial charge in [-0.3, -0.25) is 0 Å². The third-order valence-electron chi connectivity index (χ3n) is 1.65. The largest absolute Gasteiger partial charge is 0.308 e. The molecule has 0 aliphatic carbocycles. The Hall–Kier alpha value is -0.210. The van der Waals surface area contributed by atoms with Crippen LogP contribution >= 0.6 is 34.8 Å². The predicted octanol–water partition coefficient (Wildman–Crippen LogP) is 3.84. The molecule has 4 heteroatoms. The van der Waals surface area contributed by atoms with Crippen molar-refractivity contribution in [1.82, 2.24) is 5.32 Å². The average Bonchev–Trinajstić information content (AvgIpc) is 2.08. The zero-order chi connectivity index (χ0) is 10.6. The molecule has 1 nitrogen and oxygen atoms in total. The highest BCUT2D eigenvalue weighted by atomic mass is 35.5. The van der Waals surface area contributed by atoms with Crippen LogP contribution < -0.4 is 5.32 Å². The molecule has 0 saturated carbocycles. The summed E-state index contributed by atoms with van der Waals surface area (Å²) in [7, 11) is 0. The van der Waals surface area contributed by atoms with Crippen molar-refractivity contribution in [3.05, 3.63) is 45.4 Å². The smallest absolute Gasteiger partial charge is 0.0465 e. The van der Waals surface area contributed by atoms with Crippen LogP contribution in [0.5, 0.6) is 0 Å². The topological polar surface area (TPSA) is 12.0 Å². The highest BCUT2D eigenvalue weighted by Gasteiger charge is 2.00. The first-order chi connectivity index (χ1) is 6.59. The van der Waals surface area contributed by atoms with E-state index in [0.717, 1.165) is 5.56 Å². The first-order valence-electron chi connectivity index (χ1n) is 4.07. The normalized spacial score (nSPS) is 10.2. The fourth-order valence-corrected chi connectivity index (χ4v) is 1.57. The van der Waals surface area contributed by atoms with Crippen LogP contribution in [-0.4, -0.2) is 6.54 Å². The lowest BCUT2D eigenvalue weighted by atomic mass is 10.2. The second-order valence-electron chi connectivity index (χ2n) is 2.86. The van der Waals surface area contributed by atoms with E-state index in [0.29, 0.717) is 28.2 Å². The van der Waals surface area contributed by atoms with Crippen LogP contribution in [0, 0.1) is 0 Å². The average molecular weight is 251 g/mol. The van der Waals surface area contributed by atoms with E-state index in [4.69, 9.17) is 34.8 Å². The molecule has 1 rings (SSSR count). The van der Waals surface area contributed by atoms with Gasteiger partial charge in [0, 0.05) is 28.2 Å². The summed E-state index contributed by atoms with van der Waals surface area (Å²) in [4.78, 5) is 0. The molecule has 0 radical (unpaired) electrons. The molecule has 0 bridgehead atoms. The van der Waals surface area contributed by atoms with Crippen LogP contribution in [0.3, 0.4) is 0 Å². The number of halogens is 3. The van der Waals surface area contributed by atoms with Gasteiger partial charge in [0.1, 0.15) is 0 Å². The monoisotopic (exact) mass is 249 g/mol.